The number of imidazole rings is 2. The number of amides is 1. The second-order valence-electron chi connectivity index (χ2n) is 6.61. The van der Waals surface area contributed by atoms with Gasteiger partial charge in [0, 0.05) is 50.3 Å². The van der Waals surface area contributed by atoms with E-state index >= 15 is 0 Å². The van der Waals surface area contributed by atoms with Crippen molar-refractivity contribution in [2.45, 2.75) is 58.5 Å². The molecule has 2 aromatic heterocycles. The van der Waals surface area contributed by atoms with Crippen molar-refractivity contribution in [3.63, 3.8) is 0 Å². The van der Waals surface area contributed by atoms with Gasteiger partial charge in [-0.15, -0.1) is 0 Å². The molecule has 0 saturated carbocycles. The van der Waals surface area contributed by atoms with Crippen molar-refractivity contribution in [2.24, 2.45) is 0 Å². The summed E-state index contributed by atoms with van der Waals surface area (Å²) < 4.78 is 4.18. The van der Waals surface area contributed by atoms with Crippen molar-refractivity contribution in [2.75, 3.05) is 13.1 Å². The molecule has 3 rings (SSSR count). The second-order valence-corrected chi connectivity index (χ2v) is 6.61. The van der Waals surface area contributed by atoms with Crippen molar-refractivity contribution in [3.05, 3.63) is 36.4 Å². The van der Waals surface area contributed by atoms with E-state index in [0.29, 0.717) is 12.5 Å². The van der Waals surface area contributed by atoms with Crippen molar-refractivity contribution < 1.29 is 4.79 Å². The molecule has 6 nitrogen and oxygen atoms in total. The number of aryl methyl sites for hydroxylation is 2. The molecule has 0 aromatic carbocycles. The summed E-state index contributed by atoms with van der Waals surface area (Å²) in [4.78, 5) is 23.4. The van der Waals surface area contributed by atoms with Gasteiger partial charge in [-0.2, -0.15) is 0 Å². The van der Waals surface area contributed by atoms with Crippen molar-refractivity contribution in [1.29, 1.82) is 0 Å². The Bertz CT molecular complexity index is 675. The van der Waals surface area contributed by atoms with Gasteiger partial charge in [0.2, 0.25) is 5.91 Å². The smallest absolute Gasteiger partial charge is 0.242 e. The number of likely N-dealkylation sites (tertiary alicyclic amines) is 1. The minimum atomic E-state index is 0.174. The topological polar surface area (TPSA) is 56.0 Å². The highest BCUT2D eigenvalue weighted by Gasteiger charge is 2.27. The first kappa shape index (κ1) is 16.7. The molecule has 2 aromatic rings. The van der Waals surface area contributed by atoms with Crippen LogP contribution >= 0.6 is 0 Å². The van der Waals surface area contributed by atoms with Crippen LogP contribution in [0.3, 0.4) is 0 Å². The van der Waals surface area contributed by atoms with Gasteiger partial charge in [0.05, 0.1) is 0 Å². The zero-order chi connectivity index (χ0) is 16.9. The molecule has 0 radical (unpaired) electrons. The van der Waals surface area contributed by atoms with Crippen LogP contribution in [-0.2, 0) is 17.9 Å². The van der Waals surface area contributed by atoms with Crippen LogP contribution in [0.25, 0.3) is 0 Å². The number of carbonyl (C=O) groups excluding carboxylic acids is 1. The first-order valence-corrected chi connectivity index (χ1v) is 8.95. The van der Waals surface area contributed by atoms with E-state index in [9.17, 15) is 4.79 Å². The lowest BCUT2D eigenvalue weighted by atomic mass is 9.97. The van der Waals surface area contributed by atoms with Crippen LogP contribution in [0, 0.1) is 6.92 Å². The van der Waals surface area contributed by atoms with Crippen LogP contribution in [0.15, 0.2) is 24.8 Å². The summed E-state index contributed by atoms with van der Waals surface area (Å²) in [5.74, 6) is 2.54. The highest BCUT2D eigenvalue weighted by Crippen LogP contribution is 2.26. The zero-order valence-electron chi connectivity index (χ0n) is 14.7. The number of rotatable bonds is 6. The van der Waals surface area contributed by atoms with E-state index in [0.717, 1.165) is 44.1 Å². The number of piperidine rings is 1. The van der Waals surface area contributed by atoms with E-state index in [1.807, 2.05) is 28.8 Å². The predicted octanol–water partition coefficient (Wildman–Crippen LogP) is 2.59. The van der Waals surface area contributed by atoms with E-state index in [4.69, 9.17) is 0 Å². The quantitative estimate of drug-likeness (QED) is 0.818. The summed E-state index contributed by atoms with van der Waals surface area (Å²) >= 11 is 0. The van der Waals surface area contributed by atoms with E-state index in [-0.39, 0.29) is 5.91 Å². The molecule has 1 amide bonds. The Morgan fingerprint density at radius 2 is 2.04 bits per heavy atom. The molecule has 1 aliphatic heterocycles. The van der Waals surface area contributed by atoms with E-state index in [1.165, 1.54) is 12.8 Å². The Balaban J connectivity index is 1.65. The third-order valence-electron chi connectivity index (χ3n) is 4.87. The van der Waals surface area contributed by atoms with Crippen LogP contribution < -0.4 is 0 Å². The Morgan fingerprint density at radius 3 is 2.79 bits per heavy atom. The normalized spacial score (nSPS) is 18.1. The molecule has 3 heterocycles. The number of hydrogen-bond acceptors (Lipinski definition) is 3. The standard InChI is InChI=1S/C18H27N5O/c1-3-4-9-21-11-8-20-18(21)16-6-5-10-23(13-16)17(24)14-22-12-7-19-15(22)2/h7-8,11-12,16H,3-6,9-10,13-14H2,1-2H3. The average Bonchev–Trinajstić information content (AvgIpc) is 3.22. The number of aromatic nitrogens is 4. The van der Waals surface area contributed by atoms with Gasteiger partial charge in [0.1, 0.15) is 18.2 Å². The van der Waals surface area contributed by atoms with E-state index in [1.54, 1.807) is 6.20 Å². The molecule has 1 fully saturated rings. The number of unbranched alkanes of at least 4 members (excludes halogenated alkanes) is 1. The molecule has 0 N–H and O–H groups in total. The lowest BCUT2D eigenvalue weighted by molar-refractivity contribution is -0.133. The first-order valence-electron chi connectivity index (χ1n) is 8.95. The number of hydrogen-bond donors (Lipinski definition) is 0. The Labute approximate surface area is 143 Å². The second kappa shape index (κ2) is 7.64. The van der Waals surface area contributed by atoms with Gasteiger partial charge in [0.25, 0.3) is 0 Å². The summed E-state index contributed by atoms with van der Waals surface area (Å²) in [7, 11) is 0. The summed E-state index contributed by atoms with van der Waals surface area (Å²) in [6, 6.07) is 0. The maximum atomic E-state index is 12.6. The van der Waals surface area contributed by atoms with Crippen LogP contribution in [-0.4, -0.2) is 43.0 Å². The van der Waals surface area contributed by atoms with Gasteiger partial charge in [-0.25, -0.2) is 9.97 Å². The minimum absolute atomic E-state index is 0.174. The van der Waals surface area contributed by atoms with Crippen molar-refractivity contribution >= 4 is 5.91 Å². The molecule has 130 valence electrons. The minimum Gasteiger partial charge on any atom is -0.340 e. The molecule has 1 saturated heterocycles. The lowest BCUT2D eigenvalue weighted by Crippen LogP contribution is -2.41. The molecule has 1 unspecified atom stereocenters. The van der Waals surface area contributed by atoms with Crippen LogP contribution in [0.2, 0.25) is 0 Å². The maximum Gasteiger partial charge on any atom is 0.242 e. The summed E-state index contributed by atoms with van der Waals surface area (Å²) in [5.41, 5.74) is 0. The third kappa shape index (κ3) is 3.68. The molecule has 1 atom stereocenters. The largest absolute Gasteiger partial charge is 0.340 e. The maximum absolute atomic E-state index is 12.6. The van der Waals surface area contributed by atoms with Gasteiger partial charge in [-0.05, 0) is 26.2 Å². The highest BCUT2D eigenvalue weighted by molar-refractivity contribution is 5.76. The van der Waals surface area contributed by atoms with E-state index < -0.39 is 0 Å². The fourth-order valence-electron chi connectivity index (χ4n) is 3.43. The third-order valence-corrected chi connectivity index (χ3v) is 4.87. The first-order chi connectivity index (χ1) is 11.7. The van der Waals surface area contributed by atoms with Gasteiger partial charge in [0.15, 0.2) is 0 Å². The average molecular weight is 329 g/mol. The van der Waals surface area contributed by atoms with Gasteiger partial charge < -0.3 is 14.0 Å². The molecule has 0 bridgehead atoms. The van der Waals surface area contributed by atoms with Crippen molar-refractivity contribution in [1.82, 2.24) is 24.0 Å². The molecular weight excluding hydrogens is 302 g/mol. The number of carbonyl (C=O) groups is 1. The van der Waals surface area contributed by atoms with E-state index in [2.05, 4.69) is 27.7 Å². The Hall–Kier alpha value is -2.11. The fraction of sp³-hybridized carbons (Fsp3) is 0.611. The van der Waals surface area contributed by atoms with Gasteiger partial charge in [-0.1, -0.05) is 13.3 Å². The number of nitrogens with zero attached hydrogens (tertiary/aromatic N) is 5. The summed E-state index contributed by atoms with van der Waals surface area (Å²) in [5, 5.41) is 0. The van der Waals surface area contributed by atoms with Gasteiger partial charge >= 0.3 is 0 Å². The predicted molar refractivity (Wildman–Crippen MR) is 92.7 cm³/mol. The molecule has 0 aliphatic carbocycles. The fourth-order valence-corrected chi connectivity index (χ4v) is 3.43. The summed E-state index contributed by atoms with van der Waals surface area (Å²) in [6.07, 6.45) is 12.1. The van der Waals surface area contributed by atoms with Gasteiger partial charge in [-0.3, -0.25) is 4.79 Å². The molecular formula is C18H27N5O. The Kier molecular flexibility index (Phi) is 5.33. The van der Waals surface area contributed by atoms with Crippen molar-refractivity contribution in [3.8, 4) is 0 Å². The molecule has 0 spiro atoms. The molecule has 24 heavy (non-hydrogen) atoms. The molecule has 1 aliphatic rings. The van der Waals surface area contributed by atoms with Crippen LogP contribution in [0.4, 0.5) is 0 Å². The molecule has 6 heteroatoms. The van der Waals surface area contributed by atoms with Crippen LogP contribution in [0.1, 0.15) is 50.2 Å². The van der Waals surface area contributed by atoms with Crippen LogP contribution in [0.5, 0.6) is 0 Å². The lowest BCUT2D eigenvalue weighted by Gasteiger charge is -2.33. The monoisotopic (exact) mass is 329 g/mol. The highest BCUT2D eigenvalue weighted by atomic mass is 16.2. The Morgan fingerprint density at radius 1 is 1.25 bits per heavy atom. The summed E-state index contributed by atoms with van der Waals surface area (Å²) in [6.45, 7) is 7.15. The zero-order valence-corrected chi connectivity index (χ0v) is 14.7. The SMILES string of the molecule is CCCCn1ccnc1C1CCCN(C(=O)Cn2ccnc2C)C1.